The summed E-state index contributed by atoms with van der Waals surface area (Å²) in [6, 6.07) is 3.57. The molecule has 0 saturated carbocycles. The van der Waals surface area contributed by atoms with Crippen molar-refractivity contribution in [1.82, 2.24) is 0 Å². The maximum absolute atomic E-state index is 11.9. The summed E-state index contributed by atoms with van der Waals surface area (Å²) in [4.78, 5) is 11.9. The van der Waals surface area contributed by atoms with E-state index in [2.05, 4.69) is 0 Å². The van der Waals surface area contributed by atoms with Gasteiger partial charge in [-0.25, -0.2) is 0 Å². The monoisotopic (exact) mass is 218 g/mol. The number of aliphatic hydroxyl groups is 1. The molecular formula is C13H14O3. The Hall–Kier alpha value is -1.77. The van der Waals surface area contributed by atoms with Crippen LogP contribution in [0.5, 0.6) is 5.75 Å². The van der Waals surface area contributed by atoms with E-state index in [0.717, 1.165) is 29.6 Å². The van der Waals surface area contributed by atoms with Gasteiger partial charge in [-0.15, -0.1) is 0 Å². The predicted molar refractivity (Wildman–Crippen MR) is 61.1 cm³/mol. The molecule has 0 bridgehead atoms. The van der Waals surface area contributed by atoms with Crippen molar-refractivity contribution >= 4 is 5.78 Å². The third-order valence-corrected chi connectivity index (χ3v) is 3.11. The fraction of sp³-hybridized carbons (Fsp3) is 0.308. The van der Waals surface area contributed by atoms with Gasteiger partial charge in [-0.3, -0.25) is 4.79 Å². The summed E-state index contributed by atoms with van der Waals surface area (Å²) >= 11 is 0. The normalized spacial score (nSPS) is 17.4. The molecule has 3 heteroatoms. The minimum atomic E-state index is -0.0745. The van der Waals surface area contributed by atoms with E-state index in [1.807, 2.05) is 6.92 Å². The topological polar surface area (TPSA) is 46.5 Å². The first-order chi connectivity index (χ1) is 7.69. The lowest BCUT2D eigenvalue weighted by molar-refractivity contribution is 0.102. The number of ketones is 1. The van der Waals surface area contributed by atoms with Crippen LogP contribution in [0.1, 0.15) is 27.9 Å². The van der Waals surface area contributed by atoms with E-state index < -0.39 is 0 Å². The molecular weight excluding hydrogens is 204 g/mol. The second-order valence-electron chi connectivity index (χ2n) is 3.90. The molecule has 0 radical (unpaired) electrons. The van der Waals surface area contributed by atoms with Gasteiger partial charge < -0.3 is 9.84 Å². The highest BCUT2D eigenvalue weighted by Crippen LogP contribution is 2.32. The van der Waals surface area contributed by atoms with Crippen molar-refractivity contribution in [3.63, 3.8) is 0 Å². The van der Waals surface area contributed by atoms with Gasteiger partial charge in [-0.05, 0) is 43.0 Å². The molecule has 84 valence electrons. The number of carbonyl (C=O) groups is 1. The van der Waals surface area contributed by atoms with Gasteiger partial charge >= 0.3 is 0 Å². The number of hydrogen-bond acceptors (Lipinski definition) is 3. The maximum atomic E-state index is 11.9. The Balaban J connectivity index is 2.56. The summed E-state index contributed by atoms with van der Waals surface area (Å²) in [5, 5.41) is 8.95. The molecule has 0 atom stereocenters. The van der Waals surface area contributed by atoms with Gasteiger partial charge in [0.15, 0.2) is 5.78 Å². The summed E-state index contributed by atoms with van der Waals surface area (Å²) in [7, 11) is 1.62. The zero-order valence-electron chi connectivity index (χ0n) is 9.41. The van der Waals surface area contributed by atoms with E-state index in [1.54, 1.807) is 19.2 Å². The fourth-order valence-electron chi connectivity index (χ4n) is 2.16. The van der Waals surface area contributed by atoms with Crippen LogP contribution in [0.2, 0.25) is 0 Å². The van der Waals surface area contributed by atoms with E-state index in [9.17, 15) is 4.79 Å². The number of ether oxygens (including phenoxy) is 1. The van der Waals surface area contributed by atoms with Crippen molar-refractivity contribution in [2.24, 2.45) is 0 Å². The van der Waals surface area contributed by atoms with E-state index in [0.29, 0.717) is 17.6 Å². The summed E-state index contributed by atoms with van der Waals surface area (Å²) in [6.45, 7) is 1.96. The lowest BCUT2D eigenvalue weighted by Crippen LogP contribution is -2.15. The molecule has 0 saturated heterocycles. The minimum absolute atomic E-state index is 0.0745. The first kappa shape index (κ1) is 10.7. The molecule has 0 heterocycles. The van der Waals surface area contributed by atoms with Crippen LogP contribution >= 0.6 is 0 Å². The Bertz CT molecular complexity index is 472. The number of hydrogen-bond donors (Lipinski definition) is 1. The van der Waals surface area contributed by atoms with Crippen molar-refractivity contribution < 1.29 is 14.6 Å². The number of allylic oxidation sites excluding steroid dienone is 1. The minimum Gasteiger partial charge on any atom is -0.515 e. The van der Waals surface area contributed by atoms with E-state index in [1.165, 1.54) is 0 Å². The lowest BCUT2D eigenvalue weighted by atomic mass is 9.85. The average Bonchev–Trinajstić information content (AvgIpc) is 2.31. The first-order valence-electron chi connectivity index (χ1n) is 5.23. The van der Waals surface area contributed by atoms with Gasteiger partial charge in [0.1, 0.15) is 5.75 Å². The molecule has 0 unspecified atom stereocenters. The molecule has 1 aromatic rings. The number of aliphatic hydroxyl groups excluding tert-OH is 1. The molecule has 1 aliphatic rings. The second-order valence-corrected chi connectivity index (χ2v) is 3.90. The highest BCUT2D eigenvalue weighted by atomic mass is 16.5. The summed E-state index contributed by atoms with van der Waals surface area (Å²) in [5.41, 5.74) is 3.22. The highest BCUT2D eigenvalue weighted by molar-refractivity contribution is 6.10. The Morgan fingerprint density at radius 1 is 1.38 bits per heavy atom. The van der Waals surface area contributed by atoms with Gasteiger partial charge in [0, 0.05) is 11.1 Å². The van der Waals surface area contributed by atoms with Crippen molar-refractivity contribution in [2.75, 3.05) is 7.11 Å². The molecule has 1 aliphatic carbocycles. The molecule has 0 amide bonds. The zero-order valence-corrected chi connectivity index (χ0v) is 9.41. The SMILES string of the molecule is COc1ccc2c(c1C)CCC(=CO)C2=O. The van der Waals surface area contributed by atoms with Gasteiger partial charge in [-0.2, -0.15) is 0 Å². The van der Waals surface area contributed by atoms with Crippen LogP contribution in [0.25, 0.3) is 0 Å². The maximum Gasteiger partial charge on any atom is 0.192 e. The van der Waals surface area contributed by atoms with Crippen molar-refractivity contribution in [3.05, 3.63) is 40.7 Å². The Morgan fingerprint density at radius 3 is 2.75 bits per heavy atom. The number of rotatable bonds is 1. The zero-order chi connectivity index (χ0) is 11.7. The van der Waals surface area contributed by atoms with Gasteiger partial charge in [0.25, 0.3) is 0 Å². The number of carbonyl (C=O) groups excluding carboxylic acids is 1. The van der Waals surface area contributed by atoms with Crippen LogP contribution in [0.4, 0.5) is 0 Å². The first-order valence-corrected chi connectivity index (χ1v) is 5.23. The molecule has 0 aromatic heterocycles. The molecule has 0 fully saturated rings. The molecule has 3 nitrogen and oxygen atoms in total. The molecule has 2 rings (SSSR count). The van der Waals surface area contributed by atoms with Crippen molar-refractivity contribution in [3.8, 4) is 5.75 Å². The Labute approximate surface area is 94.4 Å². The molecule has 1 aromatic carbocycles. The van der Waals surface area contributed by atoms with Crippen LogP contribution in [0.15, 0.2) is 24.0 Å². The Kier molecular flexibility index (Phi) is 2.69. The van der Waals surface area contributed by atoms with Gasteiger partial charge in [0.2, 0.25) is 0 Å². The summed E-state index contributed by atoms with van der Waals surface area (Å²) in [6.07, 6.45) is 2.29. The van der Waals surface area contributed by atoms with E-state index in [4.69, 9.17) is 9.84 Å². The summed E-state index contributed by atoms with van der Waals surface area (Å²) in [5.74, 6) is 0.734. The van der Waals surface area contributed by atoms with Crippen molar-refractivity contribution in [2.45, 2.75) is 19.8 Å². The summed E-state index contributed by atoms with van der Waals surface area (Å²) < 4.78 is 5.22. The molecule has 0 aliphatic heterocycles. The predicted octanol–water partition coefficient (Wildman–Crippen LogP) is 2.57. The van der Waals surface area contributed by atoms with Crippen LogP contribution in [-0.2, 0) is 6.42 Å². The molecule has 1 N–H and O–H groups in total. The third-order valence-electron chi connectivity index (χ3n) is 3.11. The quantitative estimate of drug-likeness (QED) is 0.582. The number of fused-ring (bicyclic) bond motifs is 1. The largest absolute Gasteiger partial charge is 0.515 e. The number of benzene rings is 1. The smallest absolute Gasteiger partial charge is 0.192 e. The van der Waals surface area contributed by atoms with Crippen LogP contribution in [-0.4, -0.2) is 18.0 Å². The van der Waals surface area contributed by atoms with Crippen LogP contribution in [0.3, 0.4) is 0 Å². The van der Waals surface area contributed by atoms with Crippen LogP contribution in [0, 0.1) is 6.92 Å². The van der Waals surface area contributed by atoms with Gasteiger partial charge in [-0.1, -0.05) is 0 Å². The molecule has 0 spiro atoms. The lowest BCUT2D eigenvalue weighted by Gasteiger charge is -2.20. The fourth-order valence-corrected chi connectivity index (χ4v) is 2.16. The standard InChI is InChI=1S/C13H14O3/c1-8-10-4-3-9(7-14)13(15)11(10)5-6-12(8)16-2/h5-7,14H,3-4H2,1-2H3. The van der Waals surface area contributed by atoms with E-state index >= 15 is 0 Å². The number of methoxy groups -OCH3 is 1. The van der Waals surface area contributed by atoms with Crippen LogP contribution < -0.4 is 4.74 Å². The molecule has 16 heavy (non-hydrogen) atoms. The van der Waals surface area contributed by atoms with E-state index in [-0.39, 0.29) is 5.78 Å². The average molecular weight is 218 g/mol. The van der Waals surface area contributed by atoms with Gasteiger partial charge in [0.05, 0.1) is 13.4 Å². The highest BCUT2D eigenvalue weighted by Gasteiger charge is 2.24. The second kappa shape index (κ2) is 4.00. The third kappa shape index (κ3) is 1.48. The number of Topliss-reactive ketones (excluding diaryl/α,β-unsaturated/α-hetero) is 1. The van der Waals surface area contributed by atoms with Crippen molar-refractivity contribution in [1.29, 1.82) is 0 Å². The Morgan fingerprint density at radius 2 is 2.12 bits per heavy atom.